The number of aromatic nitrogens is 5. The molecule has 3 aromatic heterocycles. The van der Waals surface area contributed by atoms with Gasteiger partial charge in [0, 0.05) is 22.8 Å². The van der Waals surface area contributed by atoms with Gasteiger partial charge in [-0.05, 0) is 37.3 Å². The molecule has 7 nitrogen and oxygen atoms in total. The Balaban J connectivity index is 1.84. The fourth-order valence-electron chi connectivity index (χ4n) is 2.48. The second kappa shape index (κ2) is 4.39. The summed E-state index contributed by atoms with van der Waals surface area (Å²) in [7, 11) is 0. The molecule has 0 bridgehead atoms. The van der Waals surface area contributed by atoms with E-state index in [2.05, 4.69) is 15.3 Å². The lowest BCUT2D eigenvalue weighted by Gasteiger charge is -2.03. The van der Waals surface area contributed by atoms with E-state index < -0.39 is 0 Å². The van der Waals surface area contributed by atoms with Crippen molar-refractivity contribution < 1.29 is 4.79 Å². The van der Waals surface area contributed by atoms with Crippen molar-refractivity contribution in [3.05, 3.63) is 54.1 Å². The number of hydrogen-bond acceptors (Lipinski definition) is 5. The van der Waals surface area contributed by atoms with Crippen LogP contribution in [0, 0.1) is 6.92 Å². The molecule has 0 spiro atoms. The third-order valence-corrected chi connectivity index (χ3v) is 3.61. The molecule has 0 aliphatic rings. The SMILES string of the molecule is Cc1nnc2cc(C(=O)n3ncc4cc(N)ccc43)ccn12. The molecule has 0 aliphatic heterocycles. The van der Waals surface area contributed by atoms with E-state index in [-0.39, 0.29) is 5.91 Å². The number of benzene rings is 1. The van der Waals surface area contributed by atoms with Crippen LogP contribution in [0.25, 0.3) is 16.6 Å². The summed E-state index contributed by atoms with van der Waals surface area (Å²) in [6, 6.07) is 8.76. The van der Waals surface area contributed by atoms with E-state index in [4.69, 9.17) is 5.73 Å². The monoisotopic (exact) mass is 292 g/mol. The Morgan fingerprint density at radius 2 is 2.05 bits per heavy atom. The second-order valence-corrected chi connectivity index (χ2v) is 5.07. The summed E-state index contributed by atoms with van der Waals surface area (Å²) in [6.07, 6.45) is 3.41. The van der Waals surface area contributed by atoms with Crippen LogP contribution in [0.3, 0.4) is 0 Å². The van der Waals surface area contributed by atoms with Gasteiger partial charge in [-0.15, -0.1) is 10.2 Å². The quantitative estimate of drug-likeness (QED) is 0.539. The highest BCUT2D eigenvalue weighted by Crippen LogP contribution is 2.18. The molecular weight excluding hydrogens is 280 g/mol. The first kappa shape index (κ1) is 12.5. The van der Waals surface area contributed by atoms with Gasteiger partial charge in [-0.3, -0.25) is 9.20 Å². The molecule has 3 heterocycles. The van der Waals surface area contributed by atoms with Crippen molar-refractivity contribution in [2.75, 3.05) is 5.73 Å². The number of fused-ring (bicyclic) bond motifs is 2. The maximum atomic E-state index is 12.7. The zero-order valence-corrected chi connectivity index (χ0v) is 11.8. The summed E-state index contributed by atoms with van der Waals surface area (Å²) in [5.74, 6) is 0.553. The molecule has 0 radical (unpaired) electrons. The van der Waals surface area contributed by atoms with Crippen LogP contribution in [-0.2, 0) is 0 Å². The van der Waals surface area contributed by atoms with Gasteiger partial charge in [0.25, 0.3) is 5.91 Å². The molecule has 0 fully saturated rings. The molecule has 7 heteroatoms. The topological polar surface area (TPSA) is 91.1 Å². The Morgan fingerprint density at radius 3 is 2.91 bits per heavy atom. The van der Waals surface area contributed by atoms with Gasteiger partial charge in [0.15, 0.2) is 5.65 Å². The van der Waals surface area contributed by atoms with Crippen LogP contribution in [0.2, 0.25) is 0 Å². The predicted octanol–water partition coefficient (Wildman–Crippen LogP) is 1.66. The minimum Gasteiger partial charge on any atom is -0.399 e. The Morgan fingerprint density at radius 1 is 1.18 bits per heavy atom. The lowest BCUT2D eigenvalue weighted by atomic mass is 10.2. The number of anilines is 1. The van der Waals surface area contributed by atoms with Crippen LogP contribution in [0.5, 0.6) is 0 Å². The highest BCUT2D eigenvalue weighted by Gasteiger charge is 2.14. The van der Waals surface area contributed by atoms with Crippen molar-refractivity contribution in [2.24, 2.45) is 0 Å². The minimum atomic E-state index is -0.220. The largest absolute Gasteiger partial charge is 0.399 e. The number of aryl methyl sites for hydroxylation is 1. The molecular formula is C15H12N6O. The van der Waals surface area contributed by atoms with Crippen molar-refractivity contribution in [2.45, 2.75) is 6.92 Å². The molecule has 108 valence electrons. The summed E-state index contributed by atoms with van der Waals surface area (Å²) in [6.45, 7) is 1.85. The van der Waals surface area contributed by atoms with E-state index in [9.17, 15) is 4.79 Å². The molecule has 0 atom stereocenters. The van der Waals surface area contributed by atoms with Gasteiger partial charge >= 0.3 is 0 Å². The van der Waals surface area contributed by atoms with Crippen molar-refractivity contribution in [1.82, 2.24) is 24.4 Å². The van der Waals surface area contributed by atoms with Crippen molar-refractivity contribution in [3.8, 4) is 0 Å². The number of nitrogens with two attached hydrogens (primary N) is 1. The summed E-state index contributed by atoms with van der Waals surface area (Å²) < 4.78 is 3.18. The average Bonchev–Trinajstić information content (AvgIpc) is 3.10. The average molecular weight is 292 g/mol. The van der Waals surface area contributed by atoms with Gasteiger partial charge in [0.1, 0.15) is 5.82 Å². The zero-order chi connectivity index (χ0) is 15.3. The van der Waals surface area contributed by atoms with E-state index in [1.54, 1.807) is 42.7 Å². The van der Waals surface area contributed by atoms with Crippen LogP contribution in [0.1, 0.15) is 16.2 Å². The minimum absolute atomic E-state index is 0.220. The van der Waals surface area contributed by atoms with Crippen LogP contribution in [0.15, 0.2) is 42.7 Å². The molecule has 1 aromatic carbocycles. The Hall–Kier alpha value is -3.22. The fourth-order valence-corrected chi connectivity index (χ4v) is 2.48. The van der Waals surface area contributed by atoms with Gasteiger partial charge in [-0.25, -0.2) is 0 Å². The van der Waals surface area contributed by atoms with Crippen molar-refractivity contribution >= 4 is 28.1 Å². The number of pyridine rings is 1. The molecule has 4 rings (SSSR count). The first-order valence-electron chi connectivity index (χ1n) is 6.73. The summed E-state index contributed by atoms with van der Waals surface area (Å²) in [4.78, 5) is 12.7. The predicted molar refractivity (Wildman–Crippen MR) is 81.6 cm³/mol. The number of rotatable bonds is 1. The normalized spacial score (nSPS) is 11.3. The van der Waals surface area contributed by atoms with Crippen LogP contribution >= 0.6 is 0 Å². The van der Waals surface area contributed by atoms with Crippen LogP contribution in [-0.4, -0.2) is 30.3 Å². The standard InChI is InChI=1S/C15H12N6O/c1-9-18-19-14-7-10(4-5-20(9)14)15(22)21-13-3-2-12(16)6-11(13)8-17-21/h2-8H,16H2,1H3. The van der Waals surface area contributed by atoms with Crippen LogP contribution < -0.4 is 5.73 Å². The Bertz CT molecular complexity index is 1030. The molecule has 0 unspecified atom stereocenters. The summed E-state index contributed by atoms with van der Waals surface area (Å²) >= 11 is 0. The first-order chi connectivity index (χ1) is 10.6. The molecule has 4 aromatic rings. The van der Waals surface area contributed by atoms with Gasteiger partial charge < -0.3 is 5.73 Å². The fraction of sp³-hybridized carbons (Fsp3) is 0.0667. The van der Waals surface area contributed by atoms with Gasteiger partial charge in [-0.1, -0.05) is 0 Å². The lowest BCUT2D eigenvalue weighted by molar-refractivity contribution is 0.0950. The number of carbonyl (C=O) groups is 1. The second-order valence-electron chi connectivity index (χ2n) is 5.07. The van der Waals surface area contributed by atoms with E-state index >= 15 is 0 Å². The summed E-state index contributed by atoms with van der Waals surface area (Å²) in [5.41, 5.74) is 8.23. The van der Waals surface area contributed by atoms with Crippen molar-refractivity contribution in [3.63, 3.8) is 0 Å². The highest BCUT2D eigenvalue weighted by atomic mass is 16.2. The lowest BCUT2D eigenvalue weighted by Crippen LogP contribution is -2.13. The number of carbonyl (C=O) groups excluding carboxylic acids is 1. The van der Waals surface area contributed by atoms with E-state index in [0.29, 0.717) is 16.9 Å². The zero-order valence-electron chi connectivity index (χ0n) is 11.8. The molecule has 0 saturated heterocycles. The number of nitrogens with zero attached hydrogens (tertiary/aromatic N) is 5. The van der Waals surface area contributed by atoms with E-state index in [0.717, 1.165) is 16.7 Å². The first-order valence-corrected chi connectivity index (χ1v) is 6.73. The van der Waals surface area contributed by atoms with E-state index in [1.165, 1.54) is 4.68 Å². The maximum Gasteiger partial charge on any atom is 0.278 e. The van der Waals surface area contributed by atoms with E-state index in [1.807, 2.05) is 11.3 Å². The van der Waals surface area contributed by atoms with Gasteiger partial charge in [0.2, 0.25) is 0 Å². The maximum absolute atomic E-state index is 12.7. The third kappa shape index (κ3) is 1.76. The molecule has 2 N–H and O–H groups in total. The summed E-state index contributed by atoms with van der Waals surface area (Å²) in [5, 5.41) is 13.0. The Kier molecular flexibility index (Phi) is 2.50. The number of nitrogen functional groups attached to an aromatic ring is 1. The molecule has 0 amide bonds. The Labute approximate surface area is 125 Å². The molecule has 0 aliphatic carbocycles. The van der Waals surface area contributed by atoms with Gasteiger partial charge in [-0.2, -0.15) is 9.78 Å². The van der Waals surface area contributed by atoms with Crippen molar-refractivity contribution in [1.29, 1.82) is 0 Å². The smallest absolute Gasteiger partial charge is 0.278 e. The van der Waals surface area contributed by atoms with Gasteiger partial charge in [0.05, 0.1) is 11.7 Å². The third-order valence-electron chi connectivity index (χ3n) is 3.61. The number of hydrogen-bond donors (Lipinski definition) is 1. The highest BCUT2D eigenvalue weighted by molar-refractivity contribution is 6.01. The molecule has 0 saturated carbocycles. The molecule has 22 heavy (non-hydrogen) atoms. The van der Waals surface area contributed by atoms with Crippen LogP contribution in [0.4, 0.5) is 5.69 Å².